The maximum Gasteiger partial charge on any atom is 0.269 e. The molecule has 2 aliphatic rings. The molecule has 1 amide bonds. The van der Waals surface area contributed by atoms with Crippen LogP contribution in [-0.4, -0.2) is 58.6 Å². The molecule has 12 heteroatoms. The SMILES string of the molecule is C=CCN1C(=O)[C@]2(O[C@H](CCn3cc(CCO)nn3)[C@@H]([Si](C)(C)F)[C@@H]2C)c2cc([N+](=O)[O-])ccc21. The number of carbonyl (C=O) groups excluding carboxylic acids is 1. The van der Waals surface area contributed by atoms with E-state index in [4.69, 9.17) is 9.84 Å². The van der Waals surface area contributed by atoms with Gasteiger partial charge in [-0.25, -0.2) is 0 Å². The van der Waals surface area contributed by atoms with Gasteiger partial charge in [0.05, 0.1) is 22.4 Å². The van der Waals surface area contributed by atoms with Crippen LogP contribution in [0.5, 0.6) is 0 Å². The van der Waals surface area contributed by atoms with Crippen molar-refractivity contribution in [1.82, 2.24) is 15.0 Å². The molecule has 0 unspecified atom stereocenters. The number of nitro groups is 1. The number of amides is 1. The van der Waals surface area contributed by atoms with Crippen LogP contribution in [0.4, 0.5) is 15.5 Å². The Labute approximate surface area is 203 Å². The van der Waals surface area contributed by atoms with Gasteiger partial charge < -0.3 is 18.9 Å². The fraction of sp³-hybridized carbons (Fsp3) is 0.522. The van der Waals surface area contributed by atoms with E-state index in [0.717, 1.165) is 0 Å². The van der Waals surface area contributed by atoms with Crippen molar-refractivity contribution in [3.8, 4) is 0 Å². The first-order valence-corrected chi connectivity index (χ1v) is 14.6. The maximum atomic E-state index is 15.8. The van der Waals surface area contributed by atoms with E-state index in [-0.39, 0.29) is 24.7 Å². The Morgan fingerprint density at radius 3 is 2.80 bits per heavy atom. The van der Waals surface area contributed by atoms with Gasteiger partial charge in [0.2, 0.25) is 8.41 Å². The average molecular weight is 504 g/mol. The van der Waals surface area contributed by atoms with Crippen LogP contribution < -0.4 is 4.90 Å². The zero-order valence-electron chi connectivity index (χ0n) is 20.1. The van der Waals surface area contributed by atoms with Crippen molar-refractivity contribution in [2.24, 2.45) is 5.92 Å². The summed E-state index contributed by atoms with van der Waals surface area (Å²) in [6.45, 7) is 9.31. The molecule has 2 aliphatic heterocycles. The minimum atomic E-state index is -3.34. The molecule has 2 aromatic rings. The second-order valence-electron chi connectivity index (χ2n) is 9.67. The number of aliphatic hydroxyl groups is 1. The fourth-order valence-electron chi connectivity index (χ4n) is 5.67. The van der Waals surface area contributed by atoms with Crippen molar-refractivity contribution in [2.75, 3.05) is 18.1 Å². The summed E-state index contributed by atoms with van der Waals surface area (Å²) in [5.74, 6) is -0.889. The summed E-state index contributed by atoms with van der Waals surface area (Å²) in [5, 5.41) is 28.7. The van der Waals surface area contributed by atoms with Crippen LogP contribution in [0.1, 0.15) is 24.6 Å². The van der Waals surface area contributed by atoms with Crippen LogP contribution in [0.3, 0.4) is 0 Å². The molecule has 1 N–H and O–H groups in total. The number of aryl methyl sites for hydroxylation is 1. The quantitative estimate of drug-likeness (QED) is 0.183. The van der Waals surface area contributed by atoms with Crippen molar-refractivity contribution in [1.29, 1.82) is 0 Å². The standard InChI is InChI=1S/C23H30FN5O5Si/c1-5-10-28-19-7-6-17(29(32)33)13-18(19)23(22(28)31)15(2)21(35(3,4)24)20(34-23)8-11-27-14-16(9-12-30)25-26-27/h5-7,13-15,20-21,30H,1,8-12H2,2-4H3/t15-,20+,21-,23+/m0/s1. The highest BCUT2D eigenvalue weighted by Gasteiger charge is 2.66. The first-order chi connectivity index (χ1) is 16.5. The molecular weight excluding hydrogens is 473 g/mol. The molecule has 4 rings (SSSR count). The van der Waals surface area contributed by atoms with Crippen LogP contribution in [0, 0.1) is 16.0 Å². The highest BCUT2D eigenvalue weighted by Crippen LogP contribution is 2.60. The molecule has 1 aromatic carbocycles. The molecule has 0 saturated carbocycles. The summed E-state index contributed by atoms with van der Waals surface area (Å²) in [6.07, 6.45) is 3.48. The van der Waals surface area contributed by atoms with Crippen molar-refractivity contribution in [3.05, 3.63) is 58.4 Å². The number of non-ortho nitro benzene ring substituents is 1. The van der Waals surface area contributed by atoms with Crippen LogP contribution in [0.2, 0.25) is 18.6 Å². The van der Waals surface area contributed by atoms with E-state index in [9.17, 15) is 14.9 Å². The van der Waals surface area contributed by atoms with Gasteiger partial charge in [0.25, 0.3) is 11.6 Å². The molecule has 0 radical (unpaired) electrons. The summed E-state index contributed by atoms with van der Waals surface area (Å²) < 4.78 is 23.9. The number of benzene rings is 1. The highest BCUT2D eigenvalue weighted by molar-refractivity contribution is 6.72. The topological polar surface area (TPSA) is 124 Å². The number of ether oxygens (including phenoxy) is 1. The van der Waals surface area contributed by atoms with Crippen molar-refractivity contribution in [3.63, 3.8) is 0 Å². The third-order valence-electron chi connectivity index (χ3n) is 7.06. The lowest BCUT2D eigenvalue weighted by Gasteiger charge is -2.31. The molecule has 1 saturated heterocycles. The number of fused-ring (bicyclic) bond motifs is 2. The van der Waals surface area contributed by atoms with E-state index >= 15 is 4.11 Å². The Morgan fingerprint density at radius 2 is 2.17 bits per heavy atom. The zero-order valence-corrected chi connectivity index (χ0v) is 21.1. The molecule has 35 heavy (non-hydrogen) atoms. The molecular formula is C23H30FN5O5Si. The molecule has 0 aliphatic carbocycles. The number of anilines is 1. The fourth-order valence-corrected chi connectivity index (χ4v) is 8.21. The number of hydrogen-bond donors (Lipinski definition) is 1. The van der Waals surface area contributed by atoms with Crippen LogP contribution in [0.15, 0.2) is 37.1 Å². The van der Waals surface area contributed by atoms with Gasteiger partial charge in [0.1, 0.15) is 0 Å². The predicted molar refractivity (Wildman–Crippen MR) is 129 cm³/mol. The molecule has 1 aromatic heterocycles. The van der Waals surface area contributed by atoms with E-state index in [1.807, 2.05) is 6.92 Å². The van der Waals surface area contributed by atoms with Gasteiger partial charge in [0.15, 0.2) is 5.60 Å². The van der Waals surface area contributed by atoms with E-state index in [2.05, 4.69) is 16.9 Å². The van der Waals surface area contributed by atoms with Crippen molar-refractivity contribution < 1.29 is 23.7 Å². The minimum absolute atomic E-state index is 0.0386. The Balaban J connectivity index is 1.74. The van der Waals surface area contributed by atoms with Gasteiger partial charge in [-0.2, -0.15) is 0 Å². The van der Waals surface area contributed by atoms with Gasteiger partial charge >= 0.3 is 0 Å². The van der Waals surface area contributed by atoms with E-state index in [1.54, 1.807) is 36.1 Å². The monoisotopic (exact) mass is 503 g/mol. The van der Waals surface area contributed by atoms with Gasteiger partial charge in [-0.1, -0.05) is 18.2 Å². The Bertz CT molecular complexity index is 1150. The third-order valence-corrected chi connectivity index (χ3v) is 9.52. The van der Waals surface area contributed by atoms with Gasteiger partial charge in [0, 0.05) is 61.5 Å². The maximum absolute atomic E-state index is 15.8. The number of nitro benzene ring substituents is 1. The molecule has 0 bridgehead atoms. The average Bonchev–Trinajstić information content (AvgIpc) is 3.43. The number of carbonyl (C=O) groups is 1. The van der Waals surface area contributed by atoms with E-state index < -0.39 is 36.5 Å². The second-order valence-corrected chi connectivity index (χ2v) is 13.5. The lowest BCUT2D eigenvalue weighted by Crippen LogP contribution is -2.45. The Kier molecular flexibility index (Phi) is 6.64. The number of rotatable bonds is 9. The lowest BCUT2D eigenvalue weighted by atomic mass is 9.82. The number of aliphatic hydroxyl groups excluding tert-OH is 1. The number of aromatic nitrogens is 3. The molecule has 1 fully saturated rings. The van der Waals surface area contributed by atoms with Gasteiger partial charge in [-0.3, -0.25) is 19.6 Å². The van der Waals surface area contributed by atoms with Gasteiger partial charge in [-0.05, 0) is 25.6 Å². The van der Waals surface area contributed by atoms with Crippen molar-refractivity contribution >= 4 is 25.7 Å². The first-order valence-electron chi connectivity index (χ1n) is 11.6. The molecule has 10 nitrogen and oxygen atoms in total. The lowest BCUT2D eigenvalue weighted by molar-refractivity contribution is -0.385. The van der Waals surface area contributed by atoms with E-state index in [1.165, 1.54) is 17.0 Å². The second kappa shape index (κ2) is 9.24. The van der Waals surface area contributed by atoms with Crippen molar-refractivity contribution in [2.45, 2.75) is 56.7 Å². The number of halogens is 1. The molecule has 1 spiro atoms. The van der Waals surface area contributed by atoms with Crippen LogP contribution in [-0.2, 0) is 28.1 Å². The Hall–Kier alpha value is -2.96. The smallest absolute Gasteiger partial charge is 0.269 e. The third kappa shape index (κ3) is 4.19. The number of nitrogens with zero attached hydrogens (tertiary/aromatic N) is 5. The zero-order chi connectivity index (χ0) is 25.5. The van der Waals surface area contributed by atoms with Crippen LogP contribution in [0.25, 0.3) is 0 Å². The predicted octanol–water partition coefficient (Wildman–Crippen LogP) is 3.12. The highest BCUT2D eigenvalue weighted by atomic mass is 28.4. The molecule has 188 valence electrons. The summed E-state index contributed by atoms with van der Waals surface area (Å²) >= 11 is 0. The summed E-state index contributed by atoms with van der Waals surface area (Å²) in [4.78, 5) is 26.4. The molecule has 3 heterocycles. The normalized spacial score (nSPS) is 25.9. The minimum Gasteiger partial charge on any atom is -0.396 e. The largest absolute Gasteiger partial charge is 0.396 e. The Morgan fingerprint density at radius 1 is 1.43 bits per heavy atom. The summed E-state index contributed by atoms with van der Waals surface area (Å²) in [7, 11) is -3.34. The summed E-state index contributed by atoms with van der Waals surface area (Å²) in [5.41, 5.74) is -0.613. The van der Waals surface area contributed by atoms with Gasteiger partial charge in [-0.15, -0.1) is 11.7 Å². The first kappa shape index (κ1) is 25.1. The van der Waals surface area contributed by atoms with Crippen LogP contribution >= 0.6 is 0 Å². The number of hydrogen-bond acceptors (Lipinski definition) is 7. The molecule has 4 atom stereocenters. The summed E-state index contributed by atoms with van der Waals surface area (Å²) in [6, 6.07) is 4.30. The van der Waals surface area contributed by atoms with E-state index in [0.29, 0.717) is 36.3 Å².